The van der Waals surface area contributed by atoms with Gasteiger partial charge < -0.3 is 20.1 Å². The minimum Gasteiger partial charge on any atom is -0.462 e. The zero-order valence-electron chi connectivity index (χ0n) is 41.1. The van der Waals surface area contributed by atoms with Gasteiger partial charge in [0.1, 0.15) is 17.2 Å². The molecule has 2 amide bonds. The molecular formula is C54H78N2O8. The lowest BCUT2D eigenvalue weighted by atomic mass is 9.33. The molecule has 2 N–H and O–H groups in total. The van der Waals surface area contributed by atoms with Crippen molar-refractivity contribution in [3.05, 3.63) is 47.0 Å². The highest BCUT2D eigenvalue weighted by atomic mass is 16.6. The molecule has 7 aliphatic carbocycles. The average molecular weight is 883 g/mol. The molecule has 0 spiro atoms. The number of amides is 2. The van der Waals surface area contributed by atoms with E-state index in [4.69, 9.17) is 19.1 Å². The highest BCUT2D eigenvalue weighted by Gasteiger charge is 2.71. The van der Waals surface area contributed by atoms with E-state index in [9.17, 15) is 19.2 Å². The van der Waals surface area contributed by atoms with E-state index < -0.39 is 22.8 Å². The highest BCUT2D eigenvalue weighted by Crippen LogP contribution is 2.76. The minimum atomic E-state index is -1.03. The number of alkyl carbamates (subject to hydrolysis) is 1. The molecule has 0 unspecified atom stereocenters. The summed E-state index contributed by atoms with van der Waals surface area (Å²) in [6, 6.07) is 10.7. The van der Waals surface area contributed by atoms with Crippen LogP contribution in [0.3, 0.4) is 0 Å². The fourth-order valence-electron chi connectivity index (χ4n) is 15.6. The SMILES string of the molecule is CC(C)C1=C2[C@H]3CC[C@@H]4[C@@]5(C)CC[C@H](OC(=O)[C@H]6C[C@@H](Cc7ccccc7)C6(C)C)C(C)(C)[C@@H]5CC[C@@]4(C)[C@]3(C)CC[C@@]2(NC(=O)C2(NC(=O)OC(C)(C)C)CCC2)CC1=O.O=C=O. The maximum Gasteiger partial charge on any atom is 0.408 e. The molecule has 10 atom stereocenters. The van der Waals surface area contributed by atoms with Crippen LogP contribution in [0.4, 0.5) is 4.79 Å². The summed E-state index contributed by atoms with van der Waals surface area (Å²) < 4.78 is 12.3. The van der Waals surface area contributed by atoms with Crippen molar-refractivity contribution in [3.8, 4) is 0 Å². The van der Waals surface area contributed by atoms with Gasteiger partial charge in [0.05, 0.1) is 11.5 Å². The van der Waals surface area contributed by atoms with Crippen LogP contribution in [-0.2, 0) is 39.9 Å². The molecule has 7 aliphatic rings. The molecular weight excluding hydrogens is 805 g/mol. The molecule has 10 heteroatoms. The first-order valence-corrected chi connectivity index (χ1v) is 24.6. The van der Waals surface area contributed by atoms with Crippen molar-refractivity contribution in [3.63, 3.8) is 0 Å². The molecule has 0 radical (unpaired) electrons. The summed E-state index contributed by atoms with van der Waals surface area (Å²) in [5, 5.41) is 6.52. The van der Waals surface area contributed by atoms with Crippen LogP contribution in [0.5, 0.6) is 0 Å². The van der Waals surface area contributed by atoms with Gasteiger partial charge in [-0.15, -0.1) is 0 Å². The van der Waals surface area contributed by atoms with Crippen LogP contribution < -0.4 is 10.6 Å². The van der Waals surface area contributed by atoms with Crippen molar-refractivity contribution in [2.24, 2.45) is 62.6 Å². The summed E-state index contributed by atoms with van der Waals surface area (Å²) in [6.07, 6.45) is 11.6. The lowest BCUT2D eigenvalue weighted by Gasteiger charge is -2.72. The van der Waals surface area contributed by atoms with Gasteiger partial charge in [0, 0.05) is 11.8 Å². The van der Waals surface area contributed by atoms with Gasteiger partial charge in [0.2, 0.25) is 5.91 Å². The lowest BCUT2D eigenvalue weighted by molar-refractivity contribution is -0.235. The smallest absolute Gasteiger partial charge is 0.408 e. The molecule has 352 valence electrons. The van der Waals surface area contributed by atoms with Gasteiger partial charge >= 0.3 is 18.2 Å². The highest BCUT2D eigenvalue weighted by molar-refractivity contribution is 6.03. The van der Waals surface area contributed by atoms with Crippen LogP contribution in [0.25, 0.3) is 0 Å². The average Bonchev–Trinajstić information content (AvgIpc) is 3.47. The number of ketones is 1. The third kappa shape index (κ3) is 7.71. The Bertz CT molecular complexity index is 2070. The summed E-state index contributed by atoms with van der Waals surface area (Å²) >= 11 is 0. The van der Waals surface area contributed by atoms with Gasteiger partial charge in [-0.1, -0.05) is 92.6 Å². The maximum atomic E-state index is 14.5. The third-order valence-electron chi connectivity index (χ3n) is 19.4. The second kappa shape index (κ2) is 16.5. The summed E-state index contributed by atoms with van der Waals surface area (Å²) in [7, 11) is 0. The zero-order valence-corrected chi connectivity index (χ0v) is 41.1. The van der Waals surface area contributed by atoms with Crippen molar-refractivity contribution in [1.29, 1.82) is 0 Å². The van der Waals surface area contributed by atoms with Crippen molar-refractivity contribution >= 4 is 29.9 Å². The van der Waals surface area contributed by atoms with Gasteiger partial charge in [0.25, 0.3) is 0 Å². The number of carbonyl (C=O) groups is 4. The summed E-state index contributed by atoms with van der Waals surface area (Å²) in [4.78, 5) is 72.2. The quantitative estimate of drug-likeness (QED) is 0.246. The number of hydrogen-bond acceptors (Lipinski definition) is 8. The van der Waals surface area contributed by atoms with Crippen LogP contribution in [0.15, 0.2) is 41.5 Å². The first kappa shape index (κ1) is 48.2. The van der Waals surface area contributed by atoms with Crippen LogP contribution in [0.1, 0.15) is 172 Å². The fraction of sp³-hybridized carbons (Fsp3) is 0.759. The molecule has 0 heterocycles. The Hall–Kier alpha value is -3.78. The van der Waals surface area contributed by atoms with E-state index in [2.05, 4.69) is 103 Å². The number of benzene rings is 1. The summed E-state index contributed by atoms with van der Waals surface area (Å²) in [5.74, 6) is 1.58. The Balaban J connectivity index is 0.00000199. The lowest BCUT2D eigenvalue weighted by Crippen LogP contribution is -2.70. The maximum absolute atomic E-state index is 14.5. The van der Waals surface area contributed by atoms with Gasteiger partial charge in [0.15, 0.2) is 5.78 Å². The molecule has 0 saturated heterocycles. The number of allylic oxidation sites excluding steroid dienone is 1. The van der Waals surface area contributed by atoms with Crippen molar-refractivity contribution < 1.29 is 38.2 Å². The van der Waals surface area contributed by atoms with Crippen molar-refractivity contribution in [2.75, 3.05) is 0 Å². The Morgan fingerprint density at radius 3 is 2.03 bits per heavy atom. The van der Waals surface area contributed by atoms with E-state index in [1.807, 2.05) is 20.8 Å². The Morgan fingerprint density at radius 2 is 1.45 bits per heavy atom. The molecule has 1 aromatic carbocycles. The van der Waals surface area contributed by atoms with Crippen molar-refractivity contribution in [2.45, 2.75) is 196 Å². The molecule has 10 nitrogen and oxygen atoms in total. The molecule has 0 aliphatic heterocycles. The van der Waals surface area contributed by atoms with E-state index in [0.717, 1.165) is 76.2 Å². The zero-order chi connectivity index (χ0) is 47.1. The second-order valence-corrected chi connectivity index (χ2v) is 24.7. The van der Waals surface area contributed by atoms with E-state index in [1.165, 1.54) is 11.1 Å². The minimum absolute atomic E-state index is 0.00614. The Morgan fingerprint density at radius 1 is 0.797 bits per heavy atom. The summed E-state index contributed by atoms with van der Waals surface area (Å²) in [6.45, 7) is 26.8. The number of carbonyl (C=O) groups excluding carboxylic acids is 6. The van der Waals surface area contributed by atoms with E-state index in [0.29, 0.717) is 37.0 Å². The monoisotopic (exact) mass is 883 g/mol. The number of rotatable bonds is 8. The van der Waals surface area contributed by atoms with Gasteiger partial charge in [-0.25, -0.2) is 4.79 Å². The van der Waals surface area contributed by atoms with Gasteiger partial charge in [-0.3, -0.25) is 14.4 Å². The molecule has 8 rings (SSSR count). The number of ether oxygens (including phenoxy) is 2. The topological polar surface area (TPSA) is 145 Å². The van der Waals surface area contributed by atoms with Crippen LogP contribution in [-0.4, -0.2) is 52.7 Å². The van der Waals surface area contributed by atoms with Gasteiger partial charge in [-0.2, -0.15) is 9.59 Å². The Kier molecular flexibility index (Phi) is 12.4. The predicted molar refractivity (Wildman–Crippen MR) is 244 cm³/mol. The number of fused-ring (bicyclic) bond motifs is 7. The first-order chi connectivity index (χ1) is 29.7. The summed E-state index contributed by atoms with van der Waals surface area (Å²) in [5.41, 5.74) is 0.875. The third-order valence-corrected chi connectivity index (χ3v) is 19.4. The van der Waals surface area contributed by atoms with Crippen molar-refractivity contribution in [1.82, 2.24) is 10.6 Å². The molecule has 6 fully saturated rings. The van der Waals surface area contributed by atoms with E-state index >= 15 is 0 Å². The fourth-order valence-corrected chi connectivity index (χ4v) is 15.6. The number of esters is 1. The van der Waals surface area contributed by atoms with E-state index in [-0.39, 0.29) is 74.7 Å². The Labute approximate surface area is 383 Å². The normalized spacial score (nSPS) is 37.6. The molecule has 6 saturated carbocycles. The largest absolute Gasteiger partial charge is 0.462 e. The molecule has 64 heavy (non-hydrogen) atoms. The molecule has 0 aromatic heterocycles. The molecule has 1 aromatic rings. The molecule has 0 bridgehead atoms. The van der Waals surface area contributed by atoms with Crippen LogP contribution in [0.2, 0.25) is 0 Å². The number of nitrogens with one attached hydrogen (secondary N) is 2. The van der Waals surface area contributed by atoms with Crippen LogP contribution in [0, 0.1) is 62.6 Å². The van der Waals surface area contributed by atoms with E-state index in [1.54, 1.807) is 0 Å². The van der Waals surface area contributed by atoms with Crippen LogP contribution >= 0.6 is 0 Å². The predicted octanol–water partition coefficient (Wildman–Crippen LogP) is 10.5. The number of hydrogen-bond donors (Lipinski definition) is 2. The van der Waals surface area contributed by atoms with Gasteiger partial charge in [-0.05, 0) is 172 Å². The second-order valence-electron chi connectivity index (χ2n) is 24.7. The first-order valence-electron chi connectivity index (χ1n) is 24.6. The standard InChI is InChI=1S/C53H78N2O6.CO2/c1-32(2)41-37(56)31-53(54-44(58)52(23-16-24-52)55-45(59)61-46(3,4)5)28-27-50(11)35(42(41)53)19-20-39-49(10)25-22-40(48(8,9)38(49)21-26-51(39,50)12)60-43(57)36-30-34(47(36,6)7)29-33-17-14-13-15-18-33;2-1-3/h13-15,17-18,32,34-36,38-40H,16,19-31H2,1-12H3,(H,54,58)(H,55,59);/t34-,35-,36-,38+,39-,40+,49+,50-,51-,53-;/m1./s1. The number of Topliss-reactive ketones (excluding diaryl/α,β-unsaturated/α-hetero) is 1.